The van der Waals surface area contributed by atoms with Gasteiger partial charge in [-0.25, -0.2) is 4.79 Å². The Kier molecular flexibility index (Phi) is 5.01. The van der Waals surface area contributed by atoms with Crippen molar-refractivity contribution in [1.82, 2.24) is 0 Å². The van der Waals surface area contributed by atoms with Crippen molar-refractivity contribution in [2.75, 3.05) is 7.11 Å². The molecular weight excluding hydrogens is 296 g/mol. The first-order valence-corrected chi connectivity index (χ1v) is 7.15. The van der Waals surface area contributed by atoms with Crippen LogP contribution in [-0.4, -0.2) is 30.1 Å². The first kappa shape index (κ1) is 16.5. The van der Waals surface area contributed by atoms with Crippen LogP contribution in [0.1, 0.15) is 40.1 Å². The van der Waals surface area contributed by atoms with E-state index >= 15 is 0 Å². The highest BCUT2D eigenvalue weighted by molar-refractivity contribution is 6.14. The van der Waals surface area contributed by atoms with E-state index in [4.69, 9.17) is 9.47 Å². The summed E-state index contributed by atoms with van der Waals surface area (Å²) in [5.41, 5.74) is 0.730. The van der Waals surface area contributed by atoms with Crippen molar-refractivity contribution in [2.45, 2.75) is 20.0 Å². The number of benzene rings is 2. The van der Waals surface area contributed by atoms with Gasteiger partial charge >= 0.3 is 5.97 Å². The minimum absolute atomic E-state index is 0.0617. The van der Waals surface area contributed by atoms with Crippen LogP contribution in [0.15, 0.2) is 42.5 Å². The number of carbonyl (C=O) groups excluding carboxylic acids is 2. The molecule has 0 aliphatic heterocycles. The van der Waals surface area contributed by atoms with Crippen molar-refractivity contribution in [3.05, 3.63) is 59.2 Å². The van der Waals surface area contributed by atoms with E-state index in [2.05, 4.69) is 0 Å². The second-order valence-corrected chi connectivity index (χ2v) is 5.24. The molecule has 0 heterocycles. The van der Waals surface area contributed by atoms with E-state index in [-0.39, 0.29) is 28.8 Å². The minimum Gasteiger partial charge on any atom is -0.508 e. The average Bonchev–Trinajstić information content (AvgIpc) is 2.53. The summed E-state index contributed by atoms with van der Waals surface area (Å²) in [6, 6.07) is 10.4. The van der Waals surface area contributed by atoms with E-state index in [1.54, 1.807) is 19.9 Å². The molecule has 1 N–H and O–H groups in total. The van der Waals surface area contributed by atoms with Crippen molar-refractivity contribution in [3.8, 4) is 11.5 Å². The molecule has 0 aliphatic rings. The van der Waals surface area contributed by atoms with Crippen LogP contribution >= 0.6 is 0 Å². The molecule has 5 heteroatoms. The van der Waals surface area contributed by atoms with E-state index in [1.807, 2.05) is 0 Å². The number of ketones is 1. The largest absolute Gasteiger partial charge is 0.508 e. The SMILES string of the molecule is COc1ccc(C(=O)OC(C)C)c(C(=O)c2ccc(O)cc2)c1. The molecule has 5 nitrogen and oxygen atoms in total. The first-order valence-electron chi connectivity index (χ1n) is 7.15. The zero-order chi connectivity index (χ0) is 17.0. The predicted molar refractivity (Wildman–Crippen MR) is 85.1 cm³/mol. The normalized spacial score (nSPS) is 10.4. The van der Waals surface area contributed by atoms with E-state index in [0.717, 1.165) is 0 Å². The van der Waals surface area contributed by atoms with Gasteiger partial charge in [0.15, 0.2) is 5.78 Å². The van der Waals surface area contributed by atoms with Gasteiger partial charge in [0.1, 0.15) is 11.5 Å². The molecule has 120 valence electrons. The Hall–Kier alpha value is -2.82. The summed E-state index contributed by atoms with van der Waals surface area (Å²) in [7, 11) is 1.48. The highest BCUT2D eigenvalue weighted by Crippen LogP contribution is 2.23. The zero-order valence-corrected chi connectivity index (χ0v) is 13.2. The number of aromatic hydroxyl groups is 1. The van der Waals surface area contributed by atoms with Crippen molar-refractivity contribution in [3.63, 3.8) is 0 Å². The van der Waals surface area contributed by atoms with Gasteiger partial charge in [-0.1, -0.05) is 0 Å². The van der Waals surface area contributed by atoms with Crippen LogP contribution in [0.4, 0.5) is 0 Å². The van der Waals surface area contributed by atoms with Gasteiger partial charge in [-0.15, -0.1) is 0 Å². The number of ether oxygens (including phenoxy) is 2. The van der Waals surface area contributed by atoms with E-state index in [0.29, 0.717) is 11.3 Å². The average molecular weight is 314 g/mol. The van der Waals surface area contributed by atoms with Crippen molar-refractivity contribution in [2.24, 2.45) is 0 Å². The lowest BCUT2D eigenvalue weighted by molar-refractivity contribution is 0.0375. The fourth-order valence-electron chi connectivity index (χ4n) is 2.06. The molecule has 0 aliphatic carbocycles. The number of esters is 1. The molecule has 0 amide bonds. The van der Waals surface area contributed by atoms with Gasteiger partial charge in [-0.05, 0) is 56.3 Å². The summed E-state index contributed by atoms with van der Waals surface area (Å²) in [5, 5.41) is 9.33. The second-order valence-electron chi connectivity index (χ2n) is 5.24. The second kappa shape index (κ2) is 6.96. The number of carbonyl (C=O) groups is 2. The van der Waals surface area contributed by atoms with Crippen LogP contribution in [0.5, 0.6) is 11.5 Å². The molecule has 0 spiro atoms. The summed E-state index contributed by atoms with van der Waals surface area (Å²) in [5.74, 6) is -0.385. The maximum atomic E-state index is 12.7. The smallest absolute Gasteiger partial charge is 0.339 e. The number of methoxy groups -OCH3 is 1. The standard InChI is InChI=1S/C18H18O5/c1-11(2)23-18(21)15-9-8-14(22-3)10-16(15)17(20)12-4-6-13(19)7-5-12/h4-11,19H,1-3H3. The molecule has 0 saturated heterocycles. The lowest BCUT2D eigenvalue weighted by atomic mass is 9.98. The van der Waals surface area contributed by atoms with Gasteiger partial charge in [0.25, 0.3) is 0 Å². The Morgan fingerprint density at radius 2 is 1.65 bits per heavy atom. The van der Waals surface area contributed by atoms with Crippen LogP contribution in [0.2, 0.25) is 0 Å². The number of phenols is 1. The maximum absolute atomic E-state index is 12.7. The Morgan fingerprint density at radius 3 is 2.22 bits per heavy atom. The molecule has 23 heavy (non-hydrogen) atoms. The summed E-state index contributed by atoms with van der Waals surface area (Å²) in [4.78, 5) is 24.9. The molecule has 2 rings (SSSR count). The quantitative estimate of drug-likeness (QED) is 0.678. The topological polar surface area (TPSA) is 72.8 Å². The van der Waals surface area contributed by atoms with Crippen molar-refractivity contribution < 1.29 is 24.2 Å². The predicted octanol–water partition coefficient (Wildman–Crippen LogP) is 3.20. The summed E-state index contributed by atoms with van der Waals surface area (Å²) >= 11 is 0. The molecule has 0 saturated carbocycles. The first-order chi connectivity index (χ1) is 10.9. The van der Waals surface area contributed by atoms with Crippen LogP contribution in [0, 0.1) is 0 Å². The van der Waals surface area contributed by atoms with Gasteiger partial charge < -0.3 is 14.6 Å². The van der Waals surface area contributed by atoms with Crippen LogP contribution in [0.25, 0.3) is 0 Å². The summed E-state index contributed by atoms with van der Waals surface area (Å²) in [6.07, 6.45) is -0.291. The zero-order valence-electron chi connectivity index (χ0n) is 13.2. The molecule has 0 fully saturated rings. The summed E-state index contributed by atoms with van der Waals surface area (Å²) < 4.78 is 10.3. The molecular formula is C18H18O5. The highest BCUT2D eigenvalue weighted by atomic mass is 16.5. The minimum atomic E-state index is -0.565. The third-order valence-corrected chi connectivity index (χ3v) is 3.16. The fourth-order valence-corrected chi connectivity index (χ4v) is 2.06. The summed E-state index contributed by atoms with van der Waals surface area (Å²) in [6.45, 7) is 3.48. The number of hydrogen-bond donors (Lipinski definition) is 1. The third-order valence-electron chi connectivity index (χ3n) is 3.16. The number of hydrogen-bond acceptors (Lipinski definition) is 5. The number of phenolic OH excluding ortho intramolecular Hbond substituents is 1. The lowest BCUT2D eigenvalue weighted by Crippen LogP contribution is -2.16. The van der Waals surface area contributed by atoms with Crippen molar-refractivity contribution in [1.29, 1.82) is 0 Å². The highest BCUT2D eigenvalue weighted by Gasteiger charge is 2.21. The molecule has 0 unspecified atom stereocenters. The molecule has 2 aromatic rings. The molecule has 0 atom stereocenters. The monoisotopic (exact) mass is 314 g/mol. The van der Waals surface area contributed by atoms with Gasteiger partial charge in [0, 0.05) is 11.1 Å². The van der Waals surface area contributed by atoms with Crippen LogP contribution in [-0.2, 0) is 4.74 Å². The molecule has 0 bridgehead atoms. The Balaban J connectivity index is 2.47. The van der Waals surface area contributed by atoms with E-state index in [9.17, 15) is 14.7 Å². The van der Waals surface area contributed by atoms with Gasteiger partial charge in [-0.3, -0.25) is 4.79 Å². The van der Waals surface area contributed by atoms with Crippen LogP contribution in [0.3, 0.4) is 0 Å². The Morgan fingerprint density at radius 1 is 1.00 bits per heavy atom. The molecule has 0 radical (unpaired) electrons. The van der Waals surface area contributed by atoms with Crippen LogP contribution < -0.4 is 4.74 Å². The van der Waals surface area contributed by atoms with Crippen molar-refractivity contribution >= 4 is 11.8 Å². The lowest BCUT2D eigenvalue weighted by Gasteiger charge is -2.12. The Bertz CT molecular complexity index is 717. The third kappa shape index (κ3) is 3.88. The molecule has 0 aromatic heterocycles. The molecule has 2 aromatic carbocycles. The fraction of sp³-hybridized carbons (Fsp3) is 0.222. The van der Waals surface area contributed by atoms with Gasteiger partial charge in [0.2, 0.25) is 0 Å². The van der Waals surface area contributed by atoms with Gasteiger partial charge in [-0.2, -0.15) is 0 Å². The number of rotatable bonds is 5. The van der Waals surface area contributed by atoms with E-state index in [1.165, 1.54) is 43.5 Å². The Labute approximate surface area is 134 Å². The van der Waals surface area contributed by atoms with Gasteiger partial charge in [0.05, 0.1) is 18.8 Å². The maximum Gasteiger partial charge on any atom is 0.339 e. The van der Waals surface area contributed by atoms with E-state index < -0.39 is 5.97 Å².